The second-order valence-electron chi connectivity index (χ2n) is 5.77. The number of benzene rings is 1. The molecule has 0 fully saturated rings. The first-order chi connectivity index (χ1) is 11.5. The number of nitrogens with one attached hydrogen (secondary N) is 2. The summed E-state index contributed by atoms with van der Waals surface area (Å²) < 4.78 is 10.9. The Morgan fingerprint density at radius 2 is 1.83 bits per heavy atom. The maximum Gasteiger partial charge on any atom is 0.251 e. The van der Waals surface area contributed by atoms with Crippen LogP contribution < -0.4 is 20.1 Å². The molecule has 0 spiro atoms. The number of carbonyl (C=O) groups excluding carboxylic acids is 2. The van der Waals surface area contributed by atoms with Crippen LogP contribution in [0, 0.1) is 5.92 Å². The van der Waals surface area contributed by atoms with Gasteiger partial charge in [0, 0.05) is 24.6 Å². The third-order valence-corrected chi connectivity index (χ3v) is 3.42. The molecule has 1 aromatic carbocycles. The topological polar surface area (TPSA) is 76.7 Å². The summed E-state index contributed by atoms with van der Waals surface area (Å²) >= 11 is 0. The number of ether oxygens (including phenoxy) is 2. The number of carbonyl (C=O) groups is 2. The lowest BCUT2D eigenvalue weighted by Gasteiger charge is -2.12. The molecule has 2 N–H and O–H groups in total. The summed E-state index contributed by atoms with van der Waals surface area (Å²) in [4.78, 5) is 23.6. The van der Waals surface area contributed by atoms with Crippen molar-refractivity contribution in [3.8, 4) is 11.5 Å². The first kappa shape index (κ1) is 19.8. The Labute approximate surface area is 143 Å². The summed E-state index contributed by atoms with van der Waals surface area (Å²) in [6.07, 6.45) is 2.02. The predicted octanol–water partition coefficient (Wildman–Crippen LogP) is 2.38. The van der Waals surface area contributed by atoms with Crippen molar-refractivity contribution >= 4 is 11.8 Å². The molecule has 0 aliphatic heterocycles. The van der Waals surface area contributed by atoms with Crippen LogP contribution in [0.25, 0.3) is 0 Å². The van der Waals surface area contributed by atoms with Gasteiger partial charge < -0.3 is 20.1 Å². The number of rotatable bonds is 10. The van der Waals surface area contributed by atoms with Crippen molar-refractivity contribution in [1.29, 1.82) is 0 Å². The van der Waals surface area contributed by atoms with E-state index in [1.807, 2.05) is 13.8 Å². The summed E-state index contributed by atoms with van der Waals surface area (Å²) in [5.41, 5.74) is 0.491. The number of amides is 2. The average Bonchev–Trinajstić information content (AvgIpc) is 2.58. The molecular weight excluding hydrogens is 308 g/mol. The lowest BCUT2D eigenvalue weighted by molar-refractivity contribution is -0.123. The van der Waals surface area contributed by atoms with Crippen molar-refractivity contribution in [3.05, 3.63) is 23.8 Å². The molecule has 0 saturated heterocycles. The molecule has 0 bridgehead atoms. The van der Waals surface area contributed by atoms with Gasteiger partial charge in [-0.15, -0.1) is 0 Å². The van der Waals surface area contributed by atoms with Gasteiger partial charge in [-0.05, 0) is 24.6 Å². The Bertz CT molecular complexity index is 544. The Morgan fingerprint density at radius 1 is 1.12 bits per heavy atom. The Balaban J connectivity index is 2.53. The van der Waals surface area contributed by atoms with Gasteiger partial charge in [0.1, 0.15) is 0 Å². The molecule has 2 amide bonds. The van der Waals surface area contributed by atoms with E-state index in [1.54, 1.807) is 25.3 Å². The number of methoxy groups -OCH3 is 1. The molecular formula is C18H28N2O4. The fraction of sp³-hybridized carbons (Fsp3) is 0.556. The summed E-state index contributed by atoms with van der Waals surface area (Å²) in [6, 6.07) is 5.10. The zero-order valence-corrected chi connectivity index (χ0v) is 15.0. The highest BCUT2D eigenvalue weighted by atomic mass is 16.5. The predicted molar refractivity (Wildman–Crippen MR) is 93.6 cm³/mol. The molecule has 1 aromatic rings. The third kappa shape index (κ3) is 6.48. The number of unbranched alkanes of at least 4 members (excludes halogenated alkanes) is 1. The van der Waals surface area contributed by atoms with Gasteiger partial charge in [0.05, 0.1) is 13.7 Å². The largest absolute Gasteiger partial charge is 0.493 e. The van der Waals surface area contributed by atoms with Gasteiger partial charge in [-0.25, -0.2) is 0 Å². The summed E-state index contributed by atoms with van der Waals surface area (Å²) in [7, 11) is 1.55. The lowest BCUT2D eigenvalue weighted by Crippen LogP contribution is -2.36. The molecule has 6 heteroatoms. The van der Waals surface area contributed by atoms with E-state index in [4.69, 9.17) is 9.47 Å². The quantitative estimate of drug-likeness (QED) is 0.643. The fourth-order valence-electron chi connectivity index (χ4n) is 1.92. The van der Waals surface area contributed by atoms with Crippen LogP contribution >= 0.6 is 0 Å². The molecule has 0 unspecified atom stereocenters. The van der Waals surface area contributed by atoms with Gasteiger partial charge in [-0.2, -0.15) is 0 Å². The van der Waals surface area contributed by atoms with E-state index in [2.05, 4.69) is 17.6 Å². The SMILES string of the molecule is CCCCOc1ccc(C(=O)NCCNC(=O)C(C)C)cc1OC. The van der Waals surface area contributed by atoms with E-state index >= 15 is 0 Å². The third-order valence-electron chi connectivity index (χ3n) is 3.42. The van der Waals surface area contributed by atoms with Gasteiger partial charge in [0.25, 0.3) is 5.91 Å². The molecule has 1 rings (SSSR count). The Morgan fingerprint density at radius 3 is 2.46 bits per heavy atom. The van der Waals surface area contributed by atoms with Gasteiger partial charge in [0.15, 0.2) is 11.5 Å². The first-order valence-corrected chi connectivity index (χ1v) is 8.36. The van der Waals surface area contributed by atoms with E-state index in [0.717, 1.165) is 12.8 Å². The van der Waals surface area contributed by atoms with Crippen molar-refractivity contribution < 1.29 is 19.1 Å². The van der Waals surface area contributed by atoms with E-state index in [1.165, 1.54) is 0 Å². The normalized spacial score (nSPS) is 10.4. The van der Waals surface area contributed by atoms with Crippen molar-refractivity contribution in [1.82, 2.24) is 10.6 Å². The highest BCUT2D eigenvalue weighted by Crippen LogP contribution is 2.28. The van der Waals surface area contributed by atoms with Crippen molar-refractivity contribution in [2.45, 2.75) is 33.6 Å². The van der Waals surface area contributed by atoms with Crippen LogP contribution in [0.15, 0.2) is 18.2 Å². The van der Waals surface area contributed by atoms with Crippen molar-refractivity contribution in [3.63, 3.8) is 0 Å². The fourth-order valence-corrected chi connectivity index (χ4v) is 1.92. The van der Waals surface area contributed by atoms with Crippen LogP contribution in [0.2, 0.25) is 0 Å². The minimum absolute atomic E-state index is 0.0282. The molecule has 0 atom stereocenters. The zero-order chi connectivity index (χ0) is 17.9. The maximum atomic E-state index is 12.1. The highest BCUT2D eigenvalue weighted by Gasteiger charge is 2.11. The molecule has 0 aliphatic carbocycles. The summed E-state index contributed by atoms with van der Waals surface area (Å²) in [5, 5.41) is 5.52. The lowest BCUT2D eigenvalue weighted by atomic mass is 10.2. The molecule has 0 aromatic heterocycles. The van der Waals surface area contributed by atoms with E-state index < -0.39 is 0 Å². The maximum absolute atomic E-state index is 12.1. The Hall–Kier alpha value is -2.24. The van der Waals surface area contributed by atoms with E-state index in [-0.39, 0.29) is 17.7 Å². The second-order valence-corrected chi connectivity index (χ2v) is 5.77. The zero-order valence-electron chi connectivity index (χ0n) is 15.0. The van der Waals surface area contributed by atoms with E-state index in [9.17, 15) is 9.59 Å². The molecule has 0 radical (unpaired) electrons. The molecule has 0 saturated carbocycles. The van der Waals surface area contributed by atoms with Crippen LogP contribution in [-0.2, 0) is 4.79 Å². The number of hydrogen-bond donors (Lipinski definition) is 2. The minimum Gasteiger partial charge on any atom is -0.493 e. The van der Waals surface area contributed by atoms with Gasteiger partial charge in [0.2, 0.25) is 5.91 Å². The van der Waals surface area contributed by atoms with Crippen LogP contribution in [0.5, 0.6) is 11.5 Å². The smallest absolute Gasteiger partial charge is 0.251 e. The van der Waals surface area contributed by atoms with Crippen molar-refractivity contribution in [2.75, 3.05) is 26.8 Å². The Kier molecular flexibility index (Phi) is 8.68. The van der Waals surface area contributed by atoms with Gasteiger partial charge >= 0.3 is 0 Å². The van der Waals surface area contributed by atoms with Crippen LogP contribution in [-0.4, -0.2) is 38.6 Å². The standard InChI is InChI=1S/C18H28N2O4/c1-5-6-11-24-15-8-7-14(12-16(15)23-4)18(22)20-10-9-19-17(21)13(2)3/h7-8,12-13H,5-6,9-11H2,1-4H3,(H,19,21)(H,20,22). The molecule has 24 heavy (non-hydrogen) atoms. The van der Waals surface area contributed by atoms with Gasteiger partial charge in [-0.3, -0.25) is 9.59 Å². The van der Waals surface area contributed by atoms with Crippen LogP contribution in [0.1, 0.15) is 44.0 Å². The minimum atomic E-state index is -0.216. The highest BCUT2D eigenvalue weighted by molar-refractivity contribution is 5.94. The molecule has 0 heterocycles. The van der Waals surface area contributed by atoms with Gasteiger partial charge in [-0.1, -0.05) is 27.2 Å². The number of hydrogen-bond acceptors (Lipinski definition) is 4. The molecule has 6 nitrogen and oxygen atoms in total. The molecule has 134 valence electrons. The summed E-state index contributed by atoms with van der Waals surface area (Å²) in [6.45, 7) is 7.13. The average molecular weight is 336 g/mol. The van der Waals surface area contributed by atoms with Crippen LogP contribution in [0.3, 0.4) is 0 Å². The van der Waals surface area contributed by atoms with Crippen molar-refractivity contribution in [2.24, 2.45) is 5.92 Å². The monoisotopic (exact) mass is 336 g/mol. The second kappa shape index (κ2) is 10.5. The van der Waals surface area contributed by atoms with E-state index in [0.29, 0.717) is 36.8 Å². The molecule has 0 aliphatic rings. The van der Waals surface area contributed by atoms with Crippen LogP contribution in [0.4, 0.5) is 0 Å². The first-order valence-electron chi connectivity index (χ1n) is 8.36. The summed E-state index contributed by atoms with van der Waals surface area (Å²) in [5.74, 6) is 0.857.